The van der Waals surface area contributed by atoms with Crippen LogP contribution in [0.3, 0.4) is 0 Å². The van der Waals surface area contributed by atoms with E-state index in [1.165, 1.54) is 28.8 Å². The average molecular weight is 301 g/mol. The van der Waals surface area contributed by atoms with Crippen molar-refractivity contribution in [3.8, 4) is 22.4 Å². The van der Waals surface area contributed by atoms with E-state index in [4.69, 9.17) is 4.98 Å². The smallest absolute Gasteiger partial charge is 0.0705 e. The minimum atomic E-state index is 0.710. The number of rotatable bonds is 5. The molecular weight excluding hydrogens is 278 g/mol. The molecule has 0 N–H and O–H groups in total. The Hall–Kier alpha value is -2.41. The van der Waals surface area contributed by atoms with Crippen molar-refractivity contribution in [3.63, 3.8) is 0 Å². The zero-order valence-electron chi connectivity index (χ0n) is 13.9. The first-order chi connectivity index (χ1) is 11.2. The van der Waals surface area contributed by atoms with Gasteiger partial charge in [0.2, 0.25) is 0 Å². The second-order valence-electron chi connectivity index (χ2n) is 6.39. The third kappa shape index (κ3) is 4.07. The summed E-state index contributed by atoms with van der Waals surface area (Å²) in [5.74, 6) is 0.710. The molecule has 0 amide bonds. The fourth-order valence-corrected chi connectivity index (χ4v) is 2.70. The summed E-state index contributed by atoms with van der Waals surface area (Å²) in [5, 5.41) is 0. The predicted octanol–water partition coefficient (Wildman–Crippen LogP) is 6.00. The zero-order chi connectivity index (χ0) is 16.1. The number of hydrogen-bond donors (Lipinski definition) is 0. The second-order valence-corrected chi connectivity index (χ2v) is 6.39. The molecular formula is C22H23N. The van der Waals surface area contributed by atoms with Crippen LogP contribution in [0.1, 0.15) is 26.0 Å². The summed E-state index contributed by atoms with van der Waals surface area (Å²) in [6.45, 7) is 4.51. The minimum Gasteiger partial charge on any atom is -0.253 e. The molecule has 23 heavy (non-hydrogen) atoms. The Labute approximate surface area is 139 Å². The van der Waals surface area contributed by atoms with E-state index in [1.54, 1.807) is 0 Å². The fourth-order valence-electron chi connectivity index (χ4n) is 2.70. The van der Waals surface area contributed by atoms with Crippen molar-refractivity contribution in [3.05, 3.63) is 78.5 Å². The number of hydrogen-bond acceptors (Lipinski definition) is 1. The van der Waals surface area contributed by atoms with Gasteiger partial charge in [-0.2, -0.15) is 0 Å². The summed E-state index contributed by atoms with van der Waals surface area (Å²) in [6.07, 6.45) is 2.23. The zero-order valence-corrected chi connectivity index (χ0v) is 13.9. The lowest BCUT2D eigenvalue weighted by molar-refractivity contribution is 0.581. The first-order valence-electron chi connectivity index (χ1n) is 8.34. The third-order valence-electron chi connectivity index (χ3n) is 4.05. The van der Waals surface area contributed by atoms with Crippen molar-refractivity contribution in [1.82, 2.24) is 4.98 Å². The monoisotopic (exact) mass is 301 g/mol. The van der Waals surface area contributed by atoms with Crippen LogP contribution in [0.15, 0.2) is 72.8 Å². The lowest BCUT2D eigenvalue weighted by Crippen LogP contribution is -1.96. The average Bonchev–Trinajstić information content (AvgIpc) is 2.61. The molecule has 1 heterocycles. The van der Waals surface area contributed by atoms with E-state index in [2.05, 4.69) is 80.6 Å². The molecule has 0 aliphatic heterocycles. The Morgan fingerprint density at radius 1 is 0.739 bits per heavy atom. The summed E-state index contributed by atoms with van der Waals surface area (Å²) >= 11 is 0. The normalized spacial score (nSPS) is 10.9. The van der Waals surface area contributed by atoms with E-state index in [1.807, 2.05) is 6.07 Å². The van der Waals surface area contributed by atoms with Gasteiger partial charge >= 0.3 is 0 Å². The molecule has 2 aromatic carbocycles. The number of pyridine rings is 1. The van der Waals surface area contributed by atoms with Gasteiger partial charge in [-0.05, 0) is 48.1 Å². The van der Waals surface area contributed by atoms with Crippen LogP contribution in [-0.2, 0) is 6.42 Å². The minimum absolute atomic E-state index is 0.710. The van der Waals surface area contributed by atoms with E-state index >= 15 is 0 Å². The van der Waals surface area contributed by atoms with Crippen molar-refractivity contribution in [1.29, 1.82) is 0 Å². The second kappa shape index (κ2) is 7.23. The molecule has 1 heteroatoms. The molecule has 3 aromatic rings. The van der Waals surface area contributed by atoms with Crippen LogP contribution in [0.2, 0.25) is 0 Å². The van der Waals surface area contributed by atoms with Crippen molar-refractivity contribution < 1.29 is 0 Å². The van der Waals surface area contributed by atoms with Crippen LogP contribution in [0.4, 0.5) is 0 Å². The highest BCUT2D eigenvalue weighted by Crippen LogP contribution is 2.25. The van der Waals surface area contributed by atoms with Gasteiger partial charge in [0.05, 0.1) is 5.69 Å². The molecule has 0 radical (unpaired) electrons. The van der Waals surface area contributed by atoms with Crippen molar-refractivity contribution in [2.45, 2.75) is 26.7 Å². The Kier molecular flexibility index (Phi) is 4.87. The quantitative estimate of drug-likeness (QED) is 0.563. The Morgan fingerprint density at radius 2 is 1.43 bits per heavy atom. The van der Waals surface area contributed by atoms with Crippen molar-refractivity contribution in [2.24, 2.45) is 5.92 Å². The highest BCUT2D eigenvalue weighted by Gasteiger charge is 2.04. The Morgan fingerprint density at radius 3 is 2.22 bits per heavy atom. The van der Waals surface area contributed by atoms with Gasteiger partial charge in [0.25, 0.3) is 0 Å². The molecule has 0 bridgehead atoms. The van der Waals surface area contributed by atoms with E-state index in [9.17, 15) is 0 Å². The molecule has 0 fully saturated rings. The number of aryl methyl sites for hydroxylation is 1. The summed E-state index contributed by atoms with van der Waals surface area (Å²) < 4.78 is 0. The van der Waals surface area contributed by atoms with Gasteiger partial charge < -0.3 is 0 Å². The van der Waals surface area contributed by atoms with Gasteiger partial charge in [0.15, 0.2) is 0 Å². The molecule has 0 unspecified atom stereocenters. The molecule has 0 spiro atoms. The summed E-state index contributed by atoms with van der Waals surface area (Å²) in [5.41, 5.74) is 5.89. The van der Waals surface area contributed by atoms with Gasteiger partial charge in [0, 0.05) is 11.3 Å². The Bertz CT molecular complexity index is 760. The molecule has 0 saturated heterocycles. The van der Waals surface area contributed by atoms with Crippen molar-refractivity contribution >= 4 is 0 Å². The van der Waals surface area contributed by atoms with Gasteiger partial charge in [-0.15, -0.1) is 0 Å². The van der Waals surface area contributed by atoms with Crippen LogP contribution in [0.5, 0.6) is 0 Å². The van der Waals surface area contributed by atoms with Crippen LogP contribution in [-0.4, -0.2) is 4.98 Å². The summed E-state index contributed by atoms with van der Waals surface area (Å²) in [4.78, 5) is 4.85. The molecule has 0 aliphatic carbocycles. The SMILES string of the molecule is CC(C)CCc1cccc(-c2cccc(-c3ccccc3)c2)n1. The topological polar surface area (TPSA) is 12.9 Å². The standard InChI is InChI=1S/C22H23N/c1-17(2)14-15-21-12-7-13-22(23-21)20-11-6-10-19(16-20)18-8-4-3-5-9-18/h3-13,16-17H,14-15H2,1-2H3. The highest BCUT2D eigenvalue weighted by molar-refractivity contribution is 5.71. The first-order valence-corrected chi connectivity index (χ1v) is 8.34. The molecule has 1 aromatic heterocycles. The lowest BCUT2D eigenvalue weighted by atomic mass is 10.0. The van der Waals surface area contributed by atoms with Crippen LogP contribution in [0.25, 0.3) is 22.4 Å². The van der Waals surface area contributed by atoms with Gasteiger partial charge in [0.1, 0.15) is 0 Å². The summed E-state index contributed by atoms with van der Waals surface area (Å²) in [6, 6.07) is 25.5. The first kappa shape index (κ1) is 15.5. The van der Waals surface area contributed by atoms with Crippen LogP contribution in [0, 0.1) is 5.92 Å². The maximum atomic E-state index is 4.85. The third-order valence-corrected chi connectivity index (χ3v) is 4.05. The largest absolute Gasteiger partial charge is 0.253 e. The molecule has 116 valence electrons. The maximum Gasteiger partial charge on any atom is 0.0705 e. The molecule has 3 rings (SSSR count). The lowest BCUT2D eigenvalue weighted by Gasteiger charge is -2.08. The number of nitrogens with zero attached hydrogens (tertiary/aromatic N) is 1. The number of aromatic nitrogens is 1. The highest BCUT2D eigenvalue weighted by atomic mass is 14.7. The van der Waals surface area contributed by atoms with Crippen LogP contribution >= 0.6 is 0 Å². The van der Waals surface area contributed by atoms with E-state index < -0.39 is 0 Å². The fraction of sp³-hybridized carbons (Fsp3) is 0.227. The van der Waals surface area contributed by atoms with E-state index in [-0.39, 0.29) is 0 Å². The van der Waals surface area contributed by atoms with E-state index in [0.717, 1.165) is 12.1 Å². The predicted molar refractivity (Wildman–Crippen MR) is 98.3 cm³/mol. The van der Waals surface area contributed by atoms with E-state index in [0.29, 0.717) is 5.92 Å². The number of benzene rings is 2. The van der Waals surface area contributed by atoms with Gasteiger partial charge in [-0.1, -0.05) is 68.4 Å². The van der Waals surface area contributed by atoms with Gasteiger partial charge in [-0.3, -0.25) is 4.98 Å². The molecule has 0 atom stereocenters. The molecule has 0 aliphatic rings. The van der Waals surface area contributed by atoms with Crippen molar-refractivity contribution in [2.75, 3.05) is 0 Å². The molecule has 0 saturated carbocycles. The van der Waals surface area contributed by atoms with Crippen LogP contribution < -0.4 is 0 Å². The van der Waals surface area contributed by atoms with Gasteiger partial charge in [-0.25, -0.2) is 0 Å². The Balaban J connectivity index is 1.89. The maximum absolute atomic E-state index is 4.85. The summed E-state index contributed by atoms with van der Waals surface area (Å²) in [7, 11) is 0. The molecule has 1 nitrogen and oxygen atoms in total.